The van der Waals surface area contributed by atoms with Crippen molar-refractivity contribution < 1.29 is 0 Å². The molecule has 0 heteroatoms. The van der Waals surface area contributed by atoms with E-state index in [0.29, 0.717) is 0 Å². The molecule has 2 aromatic rings. The van der Waals surface area contributed by atoms with Crippen LogP contribution in [0.5, 0.6) is 0 Å². The quantitative estimate of drug-likeness (QED) is 0.384. The van der Waals surface area contributed by atoms with Crippen molar-refractivity contribution in [3.05, 3.63) is 59.7 Å². The molecule has 24 heavy (non-hydrogen) atoms. The summed E-state index contributed by atoms with van der Waals surface area (Å²) < 4.78 is 0. The minimum atomic E-state index is 1.18. The van der Waals surface area contributed by atoms with E-state index in [0.717, 1.165) is 0 Å². The molecule has 2 aromatic carbocycles. The molecule has 2 radical (unpaired) electrons. The highest BCUT2D eigenvalue weighted by Gasteiger charge is 2.02. The van der Waals surface area contributed by atoms with Crippen LogP contribution in [-0.4, -0.2) is 0 Å². The van der Waals surface area contributed by atoms with Crippen LogP contribution < -0.4 is 0 Å². The maximum absolute atomic E-state index is 3.40. The third-order valence-electron chi connectivity index (χ3n) is 4.66. The van der Waals surface area contributed by atoms with Crippen molar-refractivity contribution in [3.63, 3.8) is 0 Å². The molecule has 0 saturated carbocycles. The van der Waals surface area contributed by atoms with E-state index in [4.69, 9.17) is 0 Å². The van der Waals surface area contributed by atoms with Crippen molar-refractivity contribution in [2.45, 2.75) is 78.1 Å². The van der Waals surface area contributed by atoms with E-state index in [2.05, 4.69) is 62.4 Å². The predicted molar refractivity (Wildman–Crippen MR) is 105 cm³/mol. The second-order valence-electron chi connectivity index (χ2n) is 6.84. The number of hydrogen-bond acceptors (Lipinski definition) is 0. The minimum absolute atomic E-state index is 1.18. The van der Waals surface area contributed by atoms with E-state index in [1.54, 1.807) is 0 Å². The predicted octanol–water partition coefficient (Wildman–Crippen LogP) is 7.20. The lowest BCUT2D eigenvalue weighted by Crippen LogP contribution is -1.90. The SMILES string of the molecule is CCCCCCc1cc[c]c(-c2[c]ccc(CCCCCC)c2)c1. The Morgan fingerprint density at radius 1 is 0.625 bits per heavy atom. The van der Waals surface area contributed by atoms with E-state index < -0.39 is 0 Å². The number of unbranched alkanes of at least 4 members (excludes halogenated alkanes) is 6. The van der Waals surface area contributed by atoms with Crippen LogP contribution >= 0.6 is 0 Å². The standard InChI is InChI=1S/C24H32/c1-3-5-7-9-13-21-15-11-17-23(19-21)24-18-12-16-22(20-24)14-10-8-6-4-2/h11-12,15-16,19-20H,3-10,13-14H2,1-2H3. The summed E-state index contributed by atoms with van der Waals surface area (Å²) in [7, 11) is 0. The topological polar surface area (TPSA) is 0 Å². The molecule has 0 aliphatic carbocycles. The molecule has 0 heterocycles. The van der Waals surface area contributed by atoms with Crippen LogP contribution in [0.15, 0.2) is 36.4 Å². The maximum Gasteiger partial charge on any atom is -0.00961 e. The molecule has 0 aromatic heterocycles. The second-order valence-corrected chi connectivity index (χ2v) is 6.84. The van der Waals surface area contributed by atoms with Crippen LogP contribution in [0.1, 0.15) is 76.3 Å². The number of aryl methyl sites for hydroxylation is 2. The fourth-order valence-corrected chi connectivity index (χ4v) is 3.16. The molecule has 2 rings (SSSR count). The second kappa shape index (κ2) is 11.1. The van der Waals surface area contributed by atoms with Gasteiger partial charge in [0.05, 0.1) is 0 Å². The zero-order valence-corrected chi connectivity index (χ0v) is 15.5. The molecule has 0 amide bonds. The highest BCUT2D eigenvalue weighted by atomic mass is 14.1. The lowest BCUT2D eigenvalue weighted by atomic mass is 9.97. The van der Waals surface area contributed by atoms with Gasteiger partial charge in [-0.1, -0.05) is 88.8 Å². The normalized spacial score (nSPS) is 10.9. The smallest absolute Gasteiger partial charge is 0.00961 e. The van der Waals surface area contributed by atoms with E-state index in [1.165, 1.54) is 86.5 Å². The highest BCUT2D eigenvalue weighted by Crippen LogP contribution is 2.22. The van der Waals surface area contributed by atoms with Crippen LogP contribution in [-0.2, 0) is 12.8 Å². The van der Waals surface area contributed by atoms with Crippen molar-refractivity contribution in [1.29, 1.82) is 0 Å². The van der Waals surface area contributed by atoms with Crippen molar-refractivity contribution in [3.8, 4) is 11.1 Å². The Morgan fingerprint density at radius 2 is 1.08 bits per heavy atom. The van der Waals surface area contributed by atoms with Gasteiger partial charge in [-0.2, -0.15) is 0 Å². The molecule has 0 aliphatic rings. The number of hydrogen-bond donors (Lipinski definition) is 0. The molecule has 0 saturated heterocycles. The number of benzene rings is 2. The van der Waals surface area contributed by atoms with Gasteiger partial charge < -0.3 is 0 Å². The van der Waals surface area contributed by atoms with Gasteiger partial charge >= 0.3 is 0 Å². The molecule has 0 N–H and O–H groups in total. The summed E-state index contributed by atoms with van der Waals surface area (Å²) in [6.07, 6.45) is 12.9. The third-order valence-corrected chi connectivity index (χ3v) is 4.66. The first-order valence-corrected chi connectivity index (χ1v) is 9.85. The Labute approximate surface area is 149 Å². The Kier molecular flexibility index (Phi) is 8.66. The molecule has 0 bridgehead atoms. The van der Waals surface area contributed by atoms with Crippen molar-refractivity contribution in [2.75, 3.05) is 0 Å². The molecule has 0 nitrogen and oxygen atoms in total. The van der Waals surface area contributed by atoms with Crippen molar-refractivity contribution in [1.82, 2.24) is 0 Å². The summed E-state index contributed by atoms with van der Waals surface area (Å²) in [5.41, 5.74) is 5.25. The summed E-state index contributed by atoms with van der Waals surface area (Å²) in [6, 6.07) is 20.0. The van der Waals surface area contributed by atoms with Crippen molar-refractivity contribution in [2.24, 2.45) is 0 Å². The van der Waals surface area contributed by atoms with Crippen molar-refractivity contribution >= 4 is 0 Å². The summed E-state index contributed by atoms with van der Waals surface area (Å²) in [5, 5.41) is 0. The lowest BCUT2D eigenvalue weighted by Gasteiger charge is -2.07. The molecule has 0 unspecified atom stereocenters. The fraction of sp³-hybridized carbons (Fsp3) is 0.500. The lowest BCUT2D eigenvalue weighted by molar-refractivity contribution is 0.666. The maximum atomic E-state index is 3.40. The van der Waals surface area contributed by atoms with Gasteiger partial charge in [-0.15, -0.1) is 0 Å². The van der Waals surface area contributed by atoms with Gasteiger partial charge in [0.25, 0.3) is 0 Å². The molecular weight excluding hydrogens is 288 g/mol. The monoisotopic (exact) mass is 320 g/mol. The van der Waals surface area contributed by atoms with Crippen LogP contribution in [0, 0.1) is 12.1 Å². The molecule has 0 spiro atoms. The van der Waals surface area contributed by atoms with E-state index in [1.807, 2.05) is 0 Å². The van der Waals surface area contributed by atoms with Gasteiger partial charge in [0.2, 0.25) is 0 Å². The molecule has 0 aliphatic heterocycles. The minimum Gasteiger partial charge on any atom is -0.0654 e. The van der Waals surface area contributed by atoms with E-state index >= 15 is 0 Å². The fourth-order valence-electron chi connectivity index (χ4n) is 3.16. The third kappa shape index (κ3) is 6.51. The van der Waals surface area contributed by atoms with Gasteiger partial charge in [-0.25, -0.2) is 0 Å². The van der Waals surface area contributed by atoms with E-state index in [-0.39, 0.29) is 0 Å². The summed E-state index contributed by atoms with van der Waals surface area (Å²) in [4.78, 5) is 0. The highest BCUT2D eigenvalue weighted by molar-refractivity contribution is 5.63. The molecule has 0 atom stereocenters. The van der Waals surface area contributed by atoms with E-state index in [9.17, 15) is 0 Å². The zero-order valence-electron chi connectivity index (χ0n) is 15.5. The first-order chi connectivity index (χ1) is 11.8. The summed E-state index contributed by atoms with van der Waals surface area (Å²) in [5.74, 6) is 0. The van der Waals surface area contributed by atoms with Gasteiger partial charge in [0.15, 0.2) is 0 Å². The largest absolute Gasteiger partial charge is 0.0654 e. The van der Waals surface area contributed by atoms with Crippen LogP contribution in [0.4, 0.5) is 0 Å². The Bertz CT molecular complexity index is 529. The van der Waals surface area contributed by atoms with Gasteiger partial charge in [-0.3, -0.25) is 0 Å². The Morgan fingerprint density at radius 3 is 1.50 bits per heavy atom. The average molecular weight is 321 g/mol. The van der Waals surface area contributed by atoms with Gasteiger partial charge in [0.1, 0.15) is 0 Å². The Balaban J connectivity index is 1.97. The Hall–Kier alpha value is -1.56. The summed E-state index contributed by atoms with van der Waals surface area (Å²) >= 11 is 0. The zero-order chi connectivity index (χ0) is 17.0. The van der Waals surface area contributed by atoms with Crippen LogP contribution in [0.25, 0.3) is 11.1 Å². The van der Waals surface area contributed by atoms with Crippen LogP contribution in [0.2, 0.25) is 0 Å². The van der Waals surface area contributed by atoms with Gasteiger partial charge in [0, 0.05) is 0 Å². The summed E-state index contributed by atoms with van der Waals surface area (Å²) in [6.45, 7) is 4.53. The van der Waals surface area contributed by atoms with Crippen LogP contribution in [0.3, 0.4) is 0 Å². The first kappa shape index (κ1) is 18.8. The average Bonchev–Trinajstić information content (AvgIpc) is 2.63. The molecular formula is C24H32. The molecule has 0 fully saturated rings. The molecule has 128 valence electrons. The first-order valence-electron chi connectivity index (χ1n) is 9.85. The number of rotatable bonds is 11. The van der Waals surface area contributed by atoms with Gasteiger partial charge in [-0.05, 0) is 60.1 Å².